The molecule has 7 heteroatoms. The van der Waals surface area contributed by atoms with Crippen LogP contribution in [-0.2, 0) is 16.1 Å². The van der Waals surface area contributed by atoms with Crippen LogP contribution < -0.4 is 5.32 Å². The highest BCUT2D eigenvalue weighted by atomic mass is 32.1. The molecule has 0 bridgehead atoms. The summed E-state index contributed by atoms with van der Waals surface area (Å²) in [6, 6.07) is 10.0. The molecule has 4 rings (SSSR count). The zero-order valence-corrected chi connectivity index (χ0v) is 15.2. The molecular weight excluding hydrogens is 348 g/mol. The molecule has 0 saturated carbocycles. The molecule has 134 valence electrons. The van der Waals surface area contributed by atoms with Gasteiger partial charge < -0.3 is 14.8 Å². The largest absolute Gasteiger partial charge is 0.353 e. The summed E-state index contributed by atoms with van der Waals surface area (Å²) in [7, 11) is 0. The van der Waals surface area contributed by atoms with E-state index in [1.165, 1.54) is 0 Å². The van der Waals surface area contributed by atoms with Crippen molar-refractivity contribution in [1.82, 2.24) is 19.8 Å². The predicted molar refractivity (Wildman–Crippen MR) is 102 cm³/mol. The maximum absolute atomic E-state index is 12.5. The Labute approximate surface area is 155 Å². The molecule has 1 N–H and O–H groups in total. The fourth-order valence-corrected chi connectivity index (χ4v) is 4.10. The third kappa shape index (κ3) is 3.35. The van der Waals surface area contributed by atoms with Gasteiger partial charge >= 0.3 is 0 Å². The molecule has 3 aromatic rings. The van der Waals surface area contributed by atoms with E-state index < -0.39 is 0 Å². The lowest BCUT2D eigenvalue weighted by atomic mass is 10.3. The van der Waals surface area contributed by atoms with Crippen LogP contribution in [0, 0.1) is 0 Å². The number of pyridine rings is 1. The van der Waals surface area contributed by atoms with Crippen molar-refractivity contribution in [2.24, 2.45) is 0 Å². The van der Waals surface area contributed by atoms with E-state index in [1.807, 2.05) is 39.1 Å². The van der Waals surface area contributed by atoms with Gasteiger partial charge in [0.25, 0.3) is 0 Å². The van der Waals surface area contributed by atoms with E-state index >= 15 is 0 Å². The second-order valence-corrected chi connectivity index (χ2v) is 7.29. The quantitative estimate of drug-likeness (QED) is 0.727. The lowest BCUT2D eigenvalue weighted by molar-refractivity contribution is -0.128. The van der Waals surface area contributed by atoms with E-state index in [-0.39, 0.29) is 18.4 Å². The molecule has 2 amide bonds. The third-order valence-electron chi connectivity index (χ3n) is 4.61. The highest BCUT2D eigenvalue weighted by Crippen LogP contribution is 2.30. The zero-order valence-electron chi connectivity index (χ0n) is 14.4. The number of nitrogens with one attached hydrogen (secondary N) is 1. The first-order valence-corrected chi connectivity index (χ1v) is 9.63. The number of aromatic nitrogens is 2. The molecule has 0 unspecified atom stereocenters. The first kappa shape index (κ1) is 16.8. The minimum Gasteiger partial charge on any atom is -0.353 e. The molecule has 0 atom stereocenters. The molecule has 6 nitrogen and oxygen atoms in total. The standard InChI is InChI=1S/C19H20N4O2S/c24-17(20-8-10-22-9-2-6-18(22)25)13-23-15(16-5-3-11-26-16)12-14-4-1-7-21-19(14)23/h1,3-5,7,11-12H,2,6,8-10,13H2,(H,20,24). The number of rotatable bonds is 6. The summed E-state index contributed by atoms with van der Waals surface area (Å²) < 4.78 is 1.96. The number of hydrogen-bond donors (Lipinski definition) is 1. The van der Waals surface area contributed by atoms with Crippen LogP contribution in [0.2, 0.25) is 0 Å². The molecule has 0 aliphatic carbocycles. The Hall–Kier alpha value is -2.67. The van der Waals surface area contributed by atoms with Crippen LogP contribution in [0.5, 0.6) is 0 Å². The number of amides is 2. The van der Waals surface area contributed by atoms with Gasteiger partial charge in [-0.05, 0) is 36.1 Å². The van der Waals surface area contributed by atoms with E-state index in [1.54, 1.807) is 17.5 Å². The van der Waals surface area contributed by atoms with Gasteiger partial charge in [-0.25, -0.2) is 4.98 Å². The molecule has 0 radical (unpaired) electrons. The predicted octanol–water partition coefficient (Wildman–Crippen LogP) is 2.50. The maximum Gasteiger partial charge on any atom is 0.240 e. The Kier molecular flexibility index (Phi) is 4.71. The number of thiophene rings is 1. The summed E-state index contributed by atoms with van der Waals surface area (Å²) in [5.74, 6) is 0.109. The smallest absolute Gasteiger partial charge is 0.240 e. The molecule has 3 aromatic heterocycles. The molecule has 1 fully saturated rings. The summed E-state index contributed by atoms with van der Waals surface area (Å²) in [6.07, 6.45) is 3.28. The molecule has 26 heavy (non-hydrogen) atoms. The highest BCUT2D eigenvalue weighted by Gasteiger charge is 2.20. The number of fused-ring (bicyclic) bond motifs is 1. The molecule has 0 spiro atoms. The molecule has 1 saturated heterocycles. The number of carbonyl (C=O) groups is 2. The van der Waals surface area contributed by atoms with E-state index in [9.17, 15) is 9.59 Å². The van der Waals surface area contributed by atoms with E-state index in [4.69, 9.17) is 0 Å². The van der Waals surface area contributed by atoms with Crippen molar-refractivity contribution in [2.45, 2.75) is 19.4 Å². The van der Waals surface area contributed by atoms with E-state index in [0.29, 0.717) is 19.5 Å². The zero-order chi connectivity index (χ0) is 17.9. The molecular formula is C19H20N4O2S. The minimum absolute atomic E-state index is 0.0717. The number of carbonyl (C=O) groups excluding carboxylic acids is 2. The van der Waals surface area contributed by atoms with Gasteiger partial charge in [0.1, 0.15) is 12.2 Å². The highest BCUT2D eigenvalue weighted by molar-refractivity contribution is 7.13. The number of nitrogens with zero attached hydrogens (tertiary/aromatic N) is 3. The van der Waals surface area contributed by atoms with Crippen molar-refractivity contribution < 1.29 is 9.59 Å². The first-order valence-electron chi connectivity index (χ1n) is 8.75. The van der Waals surface area contributed by atoms with Crippen molar-refractivity contribution in [3.05, 3.63) is 41.9 Å². The summed E-state index contributed by atoms with van der Waals surface area (Å²) >= 11 is 1.64. The normalized spacial score (nSPS) is 14.3. The van der Waals surface area contributed by atoms with Gasteiger partial charge in [0.15, 0.2) is 0 Å². The van der Waals surface area contributed by atoms with Gasteiger partial charge in [-0.3, -0.25) is 9.59 Å². The summed E-state index contributed by atoms with van der Waals surface area (Å²) in [5, 5.41) is 5.97. The van der Waals surface area contributed by atoms with E-state index in [0.717, 1.165) is 34.6 Å². The van der Waals surface area contributed by atoms with Crippen LogP contribution >= 0.6 is 11.3 Å². The van der Waals surface area contributed by atoms with Crippen LogP contribution in [0.15, 0.2) is 41.9 Å². The van der Waals surface area contributed by atoms with Crippen LogP contribution in [0.4, 0.5) is 0 Å². The van der Waals surface area contributed by atoms with Crippen molar-refractivity contribution in [2.75, 3.05) is 19.6 Å². The summed E-state index contributed by atoms with van der Waals surface area (Å²) in [4.78, 5) is 31.5. The maximum atomic E-state index is 12.5. The van der Waals surface area contributed by atoms with Gasteiger partial charge in [-0.2, -0.15) is 0 Å². The van der Waals surface area contributed by atoms with Crippen LogP contribution in [0.3, 0.4) is 0 Å². The third-order valence-corrected chi connectivity index (χ3v) is 5.50. The van der Waals surface area contributed by atoms with Crippen LogP contribution in [-0.4, -0.2) is 45.9 Å². The fraction of sp³-hybridized carbons (Fsp3) is 0.316. The Morgan fingerprint density at radius 3 is 3.00 bits per heavy atom. The second kappa shape index (κ2) is 7.29. The van der Waals surface area contributed by atoms with Gasteiger partial charge in [0.05, 0.1) is 10.6 Å². The average Bonchev–Trinajstić information content (AvgIpc) is 3.36. The average molecular weight is 368 g/mol. The Morgan fingerprint density at radius 2 is 2.23 bits per heavy atom. The minimum atomic E-state index is -0.0717. The number of likely N-dealkylation sites (tertiary alicyclic amines) is 1. The van der Waals surface area contributed by atoms with Crippen molar-refractivity contribution >= 4 is 34.2 Å². The Morgan fingerprint density at radius 1 is 1.31 bits per heavy atom. The number of hydrogen-bond acceptors (Lipinski definition) is 4. The van der Waals surface area contributed by atoms with Crippen molar-refractivity contribution in [3.8, 4) is 10.6 Å². The second-order valence-electron chi connectivity index (χ2n) is 6.34. The van der Waals surface area contributed by atoms with Crippen molar-refractivity contribution in [3.63, 3.8) is 0 Å². The lowest BCUT2D eigenvalue weighted by Crippen LogP contribution is -2.36. The first-order chi connectivity index (χ1) is 12.7. The molecule has 1 aliphatic heterocycles. The van der Waals surface area contributed by atoms with Gasteiger partial charge in [-0.15, -0.1) is 11.3 Å². The van der Waals surface area contributed by atoms with Crippen LogP contribution in [0.25, 0.3) is 21.6 Å². The van der Waals surface area contributed by atoms with Crippen LogP contribution in [0.1, 0.15) is 12.8 Å². The van der Waals surface area contributed by atoms with Crippen molar-refractivity contribution in [1.29, 1.82) is 0 Å². The lowest BCUT2D eigenvalue weighted by Gasteiger charge is -2.16. The SMILES string of the molecule is O=C(Cn1c(-c2cccs2)cc2cccnc21)NCCN1CCCC1=O. The van der Waals surface area contributed by atoms with Gasteiger partial charge in [0, 0.05) is 37.6 Å². The van der Waals surface area contributed by atoms with Gasteiger partial charge in [-0.1, -0.05) is 6.07 Å². The fourth-order valence-electron chi connectivity index (χ4n) is 3.35. The summed E-state index contributed by atoms with van der Waals surface area (Å²) in [5.41, 5.74) is 1.80. The molecule has 4 heterocycles. The summed E-state index contributed by atoms with van der Waals surface area (Å²) in [6.45, 7) is 2.06. The monoisotopic (exact) mass is 368 g/mol. The Bertz CT molecular complexity index is 932. The Balaban J connectivity index is 1.48. The van der Waals surface area contributed by atoms with E-state index in [2.05, 4.69) is 16.4 Å². The topological polar surface area (TPSA) is 67.2 Å². The van der Waals surface area contributed by atoms with Gasteiger partial charge in [0.2, 0.25) is 11.8 Å². The molecule has 1 aliphatic rings. The molecule has 0 aromatic carbocycles.